The van der Waals surface area contributed by atoms with Crippen LogP contribution in [0, 0.1) is 0 Å². The lowest BCUT2D eigenvalue weighted by Gasteiger charge is -2.23. The summed E-state index contributed by atoms with van der Waals surface area (Å²) in [4.78, 5) is 18.5. The van der Waals surface area contributed by atoms with Crippen molar-refractivity contribution >= 4 is 11.6 Å². The van der Waals surface area contributed by atoms with Gasteiger partial charge in [-0.25, -0.2) is 4.98 Å². The molecule has 3 rings (SSSR count). The second kappa shape index (κ2) is 5.47. The molecule has 21 heavy (non-hydrogen) atoms. The number of ether oxygens (including phenoxy) is 1. The second-order valence-electron chi connectivity index (χ2n) is 5.07. The zero-order chi connectivity index (χ0) is 14.8. The van der Waals surface area contributed by atoms with Crippen LogP contribution in [-0.4, -0.2) is 40.6 Å². The van der Waals surface area contributed by atoms with Crippen LogP contribution in [0.2, 0.25) is 0 Å². The highest BCUT2D eigenvalue weighted by Crippen LogP contribution is 2.31. The quantitative estimate of drug-likeness (QED) is 0.929. The zero-order valence-corrected chi connectivity index (χ0v) is 12.2. The number of imidazole rings is 1. The van der Waals surface area contributed by atoms with Crippen molar-refractivity contribution in [3.8, 4) is 5.75 Å². The van der Waals surface area contributed by atoms with Crippen LogP contribution in [0.3, 0.4) is 0 Å². The number of para-hydroxylation sites is 1. The van der Waals surface area contributed by atoms with Crippen molar-refractivity contribution in [2.75, 3.05) is 25.5 Å². The molecule has 2 heterocycles. The van der Waals surface area contributed by atoms with Crippen LogP contribution in [-0.2, 0) is 13.6 Å². The third-order valence-electron chi connectivity index (χ3n) is 3.56. The van der Waals surface area contributed by atoms with Gasteiger partial charge in [0.05, 0.1) is 17.8 Å². The maximum atomic E-state index is 12.6. The summed E-state index contributed by atoms with van der Waals surface area (Å²) in [5, 5.41) is 3.24. The molecule has 0 fully saturated rings. The molecule has 0 unspecified atom stereocenters. The van der Waals surface area contributed by atoms with E-state index in [1.54, 1.807) is 24.2 Å². The summed E-state index contributed by atoms with van der Waals surface area (Å²) >= 11 is 0. The van der Waals surface area contributed by atoms with Crippen molar-refractivity contribution in [3.63, 3.8) is 0 Å². The number of rotatable bonds is 3. The minimum absolute atomic E-state index is 0.0708. The molecule has 0 aliphatic carbocycles. The fourth-order valence-electron chi connectivity index (χ4n) is 2.38. The standard InChI is InChI=1S/C15H18N4O2/c1-18-8-6-17-13(18)10-19(2)15(20)11-4-3-5-12-14(11)21-9-7-16-12/h3-6,8,16H,7,9-10H2,1-2H3. The Hall–Kier alpha value is -2.50. The Morgan fingerprint density at radius 3 is 3.14 bits per heavy atom. The molecule has 0 spiro atoms. The molecule has 1 amide bonds. The highest BCUT2D eigenvalue weighted by Gasteiger charge is 2.22. The molecule has 2 aromatic rings. The summed E-state index contributed by atoms with van der Waals surface area (Å²) in [6.45, 7) is 1.79. The maximum Gasteiger partial charge on any atom is 0.257 e. The second-order valence-corrected chi connectivity index (χ2v) is 5.07. The van der Waals surface area contributed by atoms with Crippen LogP contribution in [0.5, 0.6) is 5.75 Å². The summed E-state index contributed by atoms with van der Waals surface area (Å²) in [5.74, 6) is 1.41. The van der Waals surface area contributed by atoms with Crippen molar-refractivity contribution < 1.29 is 9.53 Å². The lowest BCUT2D eigenvalue weighted by molar-refractivity contribution is 0.0776. The van der Waals surface area contributed by atoms with Crippen molar-refractivity contribution in [1.29, 1.82) is 0 Å². The smallest absolute Gasteiger partial charge is 0.257 e. The molecular weight excluding hydrogens is 268 g/mol. The van der Waals surface area contributed by atoms with Crippen molar-refractivity contribution in [2.24, 2.45) is 7.05 Å². The molecule has 1 aromatic heterocycles. The predicted molar refractivity (Wildman–Crippen MR) is 79.4 cm³/mol. The van der Waals surface area contributed by atoms with Crippen molar-refractivity contribution in [1.82, 2.24) is 14.5 Å². The number of amides is 1. The Bertz CT molecular complexity index is 665. The van der Waals surface area contributed by atoms with E-state index in [0.29, 0.717) is 24.5 Å². The average molecular weight is 286 g/mol. The van der Waals surface area contributed by atoms with Gasteiger partial charge in [-0.05, 0) is 12.1 Å². The Morgan fingerprint density at radius 1 is 1.52 bits per heavy atom. The number of fused-ring (bicyclic) bond motifs is 1. The molecular formula is C15H18N4O2. The summed E-state index contributed by atoms with van der Waals surface area (Å²) in [7, 11) is 3.69. The SMILES string of the molecule is CN(Cc1nccn1C)C(=O)c1cccc2c1OCCN2. The van der Waals surface area contributed by atoms with Crippen molar-refractivity contribution in [2.45, 2.75) is 6.54 Å². The summed E-state index contributed by atoms with van der Waals surface area (Å²) in [5.41, 5.74) is 1.45. The van der Waals surface area contributed by atoms with Gasteiger partial charge in [-0.3, -0.25) is 4.79 Å². The van der Waals surface area contributed by atoms with Gasteiger partial charge in [0, 0.05) is 33.0 Å². The van der Waals surface area contributed by atoms with E-state index in [2.05, 4.69) is 10.3 Å². The van der Waals surface area contributed by atoms with Gasteiger partial charge in [0.1, 0.15) is 12.4 Å². The number of hydrogen-bond donors (Lipinski definition) is 1. The van der Waals surface area contributed by atoms with Gasteiger partial charge in [-0.15, -0.1) is 0 Å². The molecule has 6 heteroatoms. The number of nitrogens with one attached hydrogen (secondary N) is 1. The lowest BCUT2D eigenvalue weighted by Crippen LogP contribution is -2.29. The van der Waals surface area contributed by atoms with Gasteiger partial charge < -0.3 is 19.5 Å². The molecule has 0 saturated carbocycles. The van der Waals surface area contributed by atoms with Gasteiger partial charge in [-0.2, -0.15) is 0 Å². The molecule has 0 radical (unpaired) electrons. The number of carbonyl (C=O) groups excluding carboxylic acids is 1. The van der Waals surface area contributed by atoms with E-state index in [9.17, 15) is 4.79 Å². The topological polar surface area (TPSA) is 59.4 Å². The third-order valence-corrected chi connectivity index (χ3v) is 3.56. The summed E-state index contributed by atoms with van der Waals surface area (Å²) in [6, 6.07) is 5.58. The molecule has 1 aliphatic rings. The number of anilines is 1. The minimum atomic E-state index is -0.0708. The number of carbonyl (C=O) groups is 1. The highest BCUT2D eigenvalue weighted by molar-refractivity contribution is 5.98. The molecule has 0 bridgehead atoms. The normalized spacial score (nSPS) is 13.0. The molecule has 1 aromatic carbocycles. The van der Waals surface area contributed by atoms with Crippen LogP contribution in [0.15, 0.2) is 30.6 Å². The number of aryl methyl sites for hydroxylation is 1. The van der Waals surface area contributed by atoms with Crippen LogP contribution >= 0.6 is 0 Å². The molecule has 1 N–H and O–H groups in total. The average Bonchev–Trinajstić information content (AvgIpc) is 2.91. The molecule has 0 atom stereocenters. The first-order chi connectivity index (χ1) is 10.2. The van der Waals surface area contributed by atoms with Crippen LogP contribution in [0.4, 0.5) is 5.69 Å². The third kappa shape index (κ3) is 2.56. The van der Waals surface area contributed by atoms with E-state index < -0.39 is 0 Å². The fraction of sp³-hybridized carbons (Fsp3) is 0.333. The fourth-order valence-corrected chi connectivity index (χ4v) is 2.38. The Labute approximate surface area is 123 Å². The van der Waals surface area contributed by atoms with E-state index in [1.165, 1.54) is 0 Å². The maximum absolute atomic E-state index is 12.6. The van der Waals surface area contributed by atoms with E-state index in [-0.39, 0.29) is 5.91 Å². The first kappa shape index (κ1) is 13.5. The Balaban J connectivity index is 1.83. The summed E-state index contributed by atoms with van der Waals surface area (Å²) in [6.07, 6.45) is 3.59. The Morgan fingerprint density at radius 2 is 2.38 bits per heavy atom. The largest absolute Gasteiger partial charge is 0.489 e. The minimum Gasteiger partial charge on any atom is -0.489 e. The zero-order valence-electron chi connectivity index (χ0n) is 12.2. The number of benzene rings is 1. The highest BCUT2D eigenvalue weighted by atomic mass is 16.5. The molecule has 110 valence electrons. The van der Waals surface area contributed by atoms with Gasteiger partial charge >= 0.3 is 0 Å². The van der Waals surface area contributed by atoms with E-state index >= 15 is 0 Å². The number of hydrogen-bond acceptors (Lipinski definition) is 4. The molecule has 1 aliphatic heterocycles. The van der Waals surface area contributed by atoms with Gasteiger partial charge in [0.2, 0.25) is 0 Å². The first-order valence-electron chi connectivity index (χ1n) is 6.88. The van der Waals surface area contributed by atoms with E-state index in [4.69, 9.17) is 4.74 Å². The monoisotopic (exact) mass is 286 g/mol. The van der Waals surface area contributed by atoms with Gasteiger partial charge in [-0.1, -0.05) is 6.07 Å². The van der Waals surface area contributed by atoms with E-state index in [0.717, 1.165) is 18.1 Å². The van der Waals surface area contributed by atoms with Crippen molar-refractivity contribution in [3.05, 3.63) is 42.0 Å². The predicted octanol–water partition coefficient (Wildman–Crippen LogP) is 1.50. The van der Waals surface area contributed by atoms with E-state index in [1.807, 2.05) is 29.9 Å². The van der Waals surface area contributed by atoms with Crippen LogP contribution in [0.1, 0.15) is 16.2 Å². The van der Waals surface area contributed by atoms with Gasteiger partial charge in [0.25, 0.3) is 5.91 Å². The Kier molecular flexibility index (Phi) is 3.51. The number of aromatic nitrogens is 2. The van der Waals surface area contributed by atoms with Crippen LogP contribution < -0.4 is 10.1 Å². The molecule has 0 saturated heterocycles. The first-order valence-corrected chi connectivity index (χ1v) is 6.88. The summed E-state index contributed by atoms with van der Waals surface area (Å²) < 4.78 is 7.56. The lowest BCUT2D eigenvalue weighted by atomic mass is 10.1. The molecule has 6 nitrogen and oxygen atoms in total. The van der Waals surface area contributed by atoms with Gasteiger partial charge in [0.15, 0.2) is 5.75 Å². The van der Waals surface area contributed by atoms with Crippen LogP contribution in [0.25, 0.3) is 0 Å². The number of nitrogens with zero attached hydrogens (tertiary/aromatic N) is 3.